The second-order valence-corrected chi connectivity index (χ2v) is 6.75. The number of amides is 1. The molecule has 0 radical (unpaired) electrons. The fraction of sp³-hybridized carbons (Fsp3) is 0.130. The summed E-state index contributed by atoms with van der Waals surface area (Å²) in [6, 6.07) is 17.1. The third-order valence-electron chi connectivity index (χ3n) is 4.60. The van der Waals surface area contributed by atoms with Gasteiger partial charge < -0.3 is 14.5 Å². The molecule has 5 nitrogen and oxygen atoms in total. The maximum atomic E-state index is 13.0. The number of carbonyl (C=O) groups is 1. The predicted octanol–water partition coefficient (Wildman–Crippen LogP) is 4.29. The minimum Gasteiger partial charge on any atom is -0.486 e. The number of hydrogen-bond acceptors (Lipinski definition) is 3. The van der Waals surface area contributed by atoms with Gasteiger partial charge in [-0.1, -0.05) is 30.3 Å². The lowest BCUT2D eigenvalue weighted by Gasteiger charge is -2.11. The first kappa shape index (κ1) is 18.7. The summed E-state index contributed by atoms with van der Waals surface area (Å²) < 4.78 is 20.9. The van der Waals surface area contributed by atoms with E-state index in [1.54, 1.807) is 30.3 Å². The fourth-order valence-electron chi connectivity index (χ4n) is 3.09. The molecule has 0 aliphatic rings. The van der Waals surface area contributed by atoms with Gasteiger partial charge in [0.1, 0.15) is 23.8 Å². The van der Waals surface area contributed by atoms with Crippen molar-refractivity contribution in [1.29, 1.82) is 0 Å². The lowest BCUT2D eigenvalue weighted by molar-refractivity contribution is 0.0946. The molecule has 1 amide bonds. The van der Waals surface area contributed by atoms with Crippen LogP contribution in [-0.4, -0.2) is 15.3 Å². The van der Waals surface area contributed by atoms with E-state index in [1.165, 1.54) is 12.1 Å². The van der Waals surface area contributed by atoms with Crippen molar-refractivity contribution < 1.29 is 13.9 Å². The molecule has 0 aliphatic carbocycles. The number of halogens is 1. The largest absolute Gasteiger partial charge is 0.486 e. The van der Waals surface area contributed by atoms with Crippen LogP contribution >= 0.6 is 0 Å². The van der Waals surface area contributed by atoms with E-state index in [0.717, 1.165) is 22.5 Å². The summed E-state index contributed by atoms with van der Waals surface area (Å²) in [6.07, 6.45) is 3.86. The minimum absolute atomic E-state index is 0.253. The molecule has 0 saturated heterocycles. The van der Waals surface area contributed by atoms with Crippen molar-refractivity contribution in [3.63, 3.8) is 0 Å². The third-order valence-corrected chi connectivity index (χ3v) is 4.60. The van der Waals surface area contributed by atoms with Gasteiger partial charge in [-0.3, -0.25) is 4.79 Å². The zero-order valence-corrected chi connectivity index (χ0v) is 15.9. The Bertz CT molecular complexity index is 1150. The van der Waals surface area contributed by atoms with E-state index in [-0.39, 0.29) is 18.3 Å². The number of benzene rings is 2. The van der Waals surface area contributed by atoms with Gasteiger partial charge in [-0.2, -0.15) is 0 Å². The number of pyridine rings is 1. The van der Waals surface area contributed by atoms with Crippen molar-refractivity contribution in [2.75, 3.05) is 0 Å². The van der Waals surface area contributed by atoms with Crippen LogP contribution in [0.1, 0.15) is 27.2 Å². The molecule has 29 heavy (non-hydrogen) atoms. The van der Waals surface area contributed by atoms with Gasteiger partial charge in [0.05, 0.1) is 11.3 Å². The summed E-state index contributed by atoms with van der Waals surface area (Å²) in [5.74, 6) is -0.0744. The first-order valence-corrected chi connectivity index (χ1v) is 9.28. The summed E-state index contributed by atoms with van der Waals surface area (Å²) in [6.45, 7) is 2.57. The highest BCUT2D eigenvalue weighted by atomic mass is 19.1. The van der Waals surface area contributed by atoms with Crippen molar-refractivity contribution in [2.45, 2.75) is 20.1 Å². The van der Waals surface area contributed by atoms with Gasteiger partial charge in [-0.05, 0) is 48.4 Å². The molecule has 6 heteroatoms. The van der Waals surface area contributed by atoms with Gasteiger partial charge in [-0.15, -0.1) is 0 Å². The molecule has 4 aromatic rings. The average molecular weight is 389 g/mol. The molecule has 0 saturated carbocycles. The first-order chi connectivity index (χ1) is 14.1. The van der Waals surface area contributed by atoms with Crippen molar-refractivity contribution in [2.24, 2.45) is 0 Å². The molecule has 2 heterocycles. The molecule has 0 unspecified atom stereocenters. The van der Waals surface area contributed by atoms with Crippen LogP contribution in [-0.2, 0) is 13.2 Å². The van der Waals surface area contributed by atoms with E-state index in [4.69, 9.17) is 4.74 Å². The Balaban J connectivity index is 1.45. The standard InChI is InChI=1S/C23H20FN3O2/c1-16-5-4-12-27-14-19(26-22(16)27)15-29-21-7-3-2-6-20(21)23(28)25-13-17-8-10-18(24)11-9-17/h2-12,14H,13,15H2,1H3,(H,25,28). The van der Waals surface area contributed by atoms with Crippen LogP contribution in [0, 0.1) is 12.7 Å². The SMILES string of the molecule is Cc1cccn2cc(COc3ccccc3C(=O)NCc3ccc(F)cc3)nc12. The average Bonchev–Trinajstić information content (AvgIpc) is 3.16. The Morgan fingerprint density at radius 2 is 1.90 bits per heavy atom. The smallest absolute Gasteiger partial charge is 0.255 e. The Morgan fingerprint density at radius 1 is 1.10 bits per heavy atom. The molecular weight excluding hydrogens is 369 g/mol. The van der Waals surface area contributed by atoms with Gasteiger partial charge in [0.15, 0.2) is 0 Å². The molecular formula is C23H20FN3O2. The predicted molar refractivity (Wildman–Crippen MR) is 108 cm³/mol. The van der Waals surface area contributed by atoms with Crippen LogP contribution in [0.4, 0.5) is 4.39 Å². The maximum absolute atomic E-state index is 13.0. The number of aryl methyl sites for hydroxylation is 1. The first-order valence-electron chi connectivity index (χ1n) is 9.28. The molecule has 2 aromatic heterocycles. The van der Waals surface area contributed by atoms with E-state index in [0.29, 0.717) is 17.9 Å². The normalized spacial score (nSPS) is 10.8. The van der Waals surface area contributed by atoms with E-state index in [9.17, 15) is 9.18 Å². The lowest BCUT2D eigenvalue weighted by Crippen LogP contribution is -2.23. The summed E-state index contributed by atoms with van der Waals surface area (Å²) in [5.41, 5.74) is 4.00. The summed E-state index contributed by atoms with van der Waals surface area (Å²) >= 11 is 0. The third kappa shape index (κ3) is 4.27. The van der Waals surface area contributed by atoms with Crippen LogP contribution < -0.4 is 10.1 Å². The molecule has 2 aromatic carbocycles. The van der Waals surface area contributed by atoms with Crippen LogP contribution in [0.15, 0.2) is 73.1 Å². The summed E-state index contributed by atoms with van der Waals surface area (Å²) in [5, 5.41) is 2.84. The molecule has 0 bridgehead atoms. The van der Waals surface area contributed by atoms with Crippen LogP contribution in [0.2, 0.25) is 0 Å². The van der Waals surface area contributed by atoms with Crippen molar-refractivity contribution in [3.05, 3.63) is 101 Å². The number of hydrogen-bond donors (Lipinski definition) is 1. The molecule has 146 valence electrons. The van der Waals surface area contributed by atoms with Crippen LogP contribution in [0.3, 0.4) is 0 Å². The molecule has 4 rings (SSSR count). The lowest BCUT2D eigenvalue weighted by atomic mass is 10.1. The van der Waals surface area contributed by atoms with Crippen LogP contribution in [0.5, 0.6) is 5.75 Å². The fourth-order valence-corrected chi connectivity index (χ4v) is 3.09. The zero-order valence-electron chi connectivity index (χ0n) is 15.9. The topological polar surface area (TPSA) is 55.6 Å². The number of nitrogens with one attached hydrogen (secondary N) is 1. The van der Waals surface area contributed by atoms with Crippen molar-refractivity contribution in [3.8, 4) is 5.75 Å². The summed E-state index contributed by atoms with van der Waals surface area (Å²) in [4.78, 5) is 17.2. The van der Waals surface area contributed by atoms with E-state index in [1.807, 2.05) is 41.9 Å². The molecule has 0 aliphatic heterocycles. The van der Waals surface area contributed by atoms with E-state index in [2.05, 4.69) is 10.3 Å². The number of fused-ring (bicyclic) bond motifs is 1. The highest BCUT2D eigenvalue weighted by Crippen LogP contribution is 2.20. The number of aromatic nitrogens is 2. The number of imidazole rings is 1. The van der Waals surface area contributed by atoms with Gasteiger partial charge >= 0.3 is 0 Å². The second kappa shape index (κ2) is 8.14. The van der Waals surface area contributed by atoms with Crippen molar-refractivity contribution in [1.82, 2.24) is 14.7 Å². The monoisotopic (exact) mass is 389 g/mol. The second-order valence-electron chi connectivity index (χ2n) is 6.75. The Kier molecular flexibility index (Phi) is 5.24. The Labute approximate surface area is 167 Å². The molecule has 0 atom stereocenters. The number of carbonyl (C=O) groups excluding carboxylic acids is 1. The van der Waals surface area contributed by atoms with Crippen LogP contribution in [0.25, 0.3) is 5.65 Å². The molecule has 1 N–H and O–H groups in total. The molecule has 0 spiro atoms. The highest BCUT2D eigenvalue weighted by molar-refractivity contribution is 5.96. The number of rotatable bonds is 6. The van der Waals surface area contributed by atoms with E-state index < -0.39 is 0 Å². The Morgan fingerprint density at radius 3 is 2.69 bits per heavy atom. The quantitative estimate of drug-likeness (QED) is 0.535. The summed E-state index contributed by atoms with van der Waals surface area (Å²) in [7, 11) is 0. The van der Waals surface area contributed by atoms with Crippen molar-refractivity contribution >= 4 is 11.6 Å². The Hall–Kier alpha value is -3.67. The number of nitrogens with zero attached hydrogens (tertiary/aromatic N) is 2. The van der Waals surface area contributed by atoms with Gasteiger partial charge in [0.2, 0.25) is 0 Å². The number of ether oxygens (including phenoxy) is 1. The number of para-hydroxylation sites is 1. The maximum Gasteiger partial charge on any atom is 0.255 e. The van der Waals surface area contributed by atoms with Gasteiger partial charge in [-0.25, -0.2) is 9.37 Å². The van der Waals surface area contributed by atoms with E-state index >= 15 is 0 Å². The van der Waals surface area contributed by atoms with Gasteiger partial charge in [0.25, 0.3) is 5.91 Å². The highest BCUT2D eigenvalue weighted by Gasteiger charge is 2.13. The molecule has 0 fully saturated rings. The minimum atomic E-state index is -0.305. The zero-order chi connectivity index (χ0) is 20.2. The van der Waals surface area contributed by atoms with Gasteiger partial charge in [0, 0.05) is 18.9 Å².